The van der Waals surface area contributed by atoms with Crippen LogP contribution in [0, 0.1) is 6.92 Å². The van der Waals surface area contributed by atoms with E-state index in [1.165, 1.54) is 24.3 Å². The van der Waals surface area contributed by atoms with E-state index in [1.54, 1.807) is 17.0 Å². The molecule has 0 unspecified atom stereocenters. The molecule has 3 rings (SSSR count). The van der Waals surface area contributed by atoms with Crippen LogP contribution in [0.4, 0.5) is 14.5 Å². The molecule has 0 saturated carbocycles. The molecule has 0 atom stereocenters. The number of hydrogen-bond donors (Lipinski definition) is 2. The topological polar surface area (TPSA) is 45.4 Å². The number of aromatic nitrogens is 1. The smallest absolute Gasteiger partial charge is 0.387 e. The lowest BCUT2D eigenvalue weighted by atomic mass is 10.1. The van der Waals surface area contributed by atoms with E-state index in [-0.39, 0.29) is 11.5 Å². The lowest BCUT2D eigenvalue weighted by Gasteiger charge is -2.12. The van der Waals surface area contributed by atoms with Gasteiger partial charge in [-0.1, -0.05) is 36.5 Å². The molecule has 0 saturated heterocycles. The molecule has 7 heteroatoms. The van der Waals surface area contributed by atoms with Crippen molar-refractivity contribution in [3.05, 3.63) is 90.3 Å². The second kappa shape index (κ2) is 9.25. The Labute approximate surface area is 172 Å². The fourth-order valence-electron chi connectivity index (χ4n) is 2.72. The van der Waals surface area contributed by atoms with Gasteiger partial charge in [0.25, 0.3) is 5.70 Å². The minimum absolute atomic E-state index is 0.00563. The second-order valence-corrected chi connectivity index (χ2v) is 6.56. The highest BCUT2D eigenvalue weighted by atomic mass is 32.1. The number of para-hydroxylation sites is 1. The van der Waals surface area contributed by atoms with Gasteiger partial charge in [-0.2, -0.15) is 13.3 Å². The van der Waals surface area contributed by atoms with Gasteiger partial charge in [0.05, 0.1) is 0 Å². The van der Waals surface area contributed by atoms with Gasteiger partial charge in [-0.25, -0.2) is 0 Å². The number of aryl methyl sites for hydroxylation is 1. The number of aliphatic hydroxyl groups is 1. The number of alkyl halides is 2. The number of aliphatic hydroxyl groups excluding tert-OH is 1. The number of benzene rings is 2. The molecule has 0 amide bonds. The lowest BCUT2D eigenvalue weighted by molar-refractivity contribution is -0.575. The average molecular weight is 413 g/mol. The monoisotopic (exact) mass is 413 g/mol. The Morgan fingerprint density at radius 3 is 2.28 bits per heavy atom. The Bertz CT molecular complexity index is 1020. The molecule has 1 aromatic heterocycles. The third-order valence-corrected chi connectivity index (χ3v) is 4.45. The maximum absolute atomic E-state index is 12.4. The van der Waals surface area contributed by atoms with E-state index in [4.69, 9.17) is 12.2 Å². The Morgan fingerprint density at radius 2 is 1.66 bits per heavy atom. The molecular formula is C22H19F2N2O2S+. The first-order valence-electron chi connectivity index (χ1n) is 8.78. The Morgan fingerprint density at radius 1 is 1.00 bits per heavy atom. The molecular weight excluding hydrogens is 394 g/mol. The lowest BCUT2D eigenvalue weighted by Crippen LogP contribution is -2.38. The fraction of sp³-hybridized carbons (Fsp3) is 0.0909. The van der Waals surface area contributed by atoms with Crippen LogP contribution in [-0.4, -0.2) is 16.7 Å². The first-order chi connectivity index (χ1) is 14.0. The summed E-state index contributed by atoms with van der Waals surface area (Å²) in [5, 5.41) is 14.1. The molecule has 0 aliphatic carbocycles. The van der Waals surface area contributed by atoms with Crippen LogP contribution in [0.2, 0.25) is 0 Å². The van der Waals surface area contributed by atoms with E-state index in [0.717, 1.165) is 11.3 Å². The van der Waals surface area contributed by atoms with Crippen molar-refractivity contribution >= 4 is 34.3 Å². The third-order valence-electron chi connectivity index (χ3n) is 4.16. The molecule has 1 heterocycles. The van der Waals surface area contributed by atoms with Gasteiger partial charge < -0.3 is 15.2 Å². The zero-order chi connectivity index (χ0) is 20.8. The van der Waals surface area contributed by atoms with Gasteiger partial charge >= 0.3 is 6.61 Å². The zero-order valence-corrected chi connectivity index (χ0v) is 16.4. The summed E-state index contributed by atoms with van der Waals surface area (Å²) in [6.07, 6.45) is 3.51. The van der Waals surface area contributed by atoms with Crippen LogP contribution in [-0.2, 0) is 0 Å². The van der Waals surface area contributed by atoms with Gasteiger partial charge in [-0.05, 0) is 42.8 Å². The van der Waals surface area contributed by atoms with Gasteiger partial charge in [-0.3, -0.25) is 0 Å². The van der Waals surface area contributed by atoms with Crippen LogP contribution in [0.1, 0.15) is 11.1 Å². The number of rotatable bonds is 6. The van der Waals surface area contributed by atoms with E-state index in [2.05, 4.69) is 10.1 Å². The SMILES string of the molecule is Cc1ccccc1NC(=S)/C(=C(\O)c1ccc(OC(F)F)cc1)[n+]1ccccc1. The molecule has 0 bridgehead atoms. The maximum atomic E-state index is 12.4. The minimum Gasteiger partial charge on any atom is -0.502 e. The number of nitrogens with one attached hydrogen (secondary N) is 1. The van der Waals surface area contributed by atoms with Crippen LogP contribution in [0.15, 0.2) is 79.1 Å². The zero-order valence-electron chi connectivity index (χ0n) is 15.5. The largest absolute Gasteiger partial charge is 0.502 e. The first-order valence-corrected chi connectivity index (χ1v) is 9.18. The third kappa shape index (κ3) is 5.14. The van der Waals surface area contributed by atoms with Crippen LogP contribution in [0.3, 0.4) is 0 Å². The van der Waals surface area contributed by atoms with E-state index in [1.807, 2.05) is 49.4 Å². The van der Waals surface area contributed by atoms with Gasteiger partial charge in [0.15, 0.2) is 23.1 Å². The highest BCUT2D eigenvalue weighted by Crippen LogP contribution is 2.23. The average Bonchev–Trinajstić information content (AvgIpc) is 2.71. The number of thiocarbonyl (C=S) groups is 1. The summed E-state index contributed by atoms with van der Waals surface area (Å²) in [4.78, 5) is 0.306. The fourth-order valence-corrected chi connectivity index (χ4v) is 3.03. The molecule has 0 aliphatic heterocycles. The van der Waals surface area contributed by atoms with Crippen molar-refractivity contribution in [1.82, 2.24) is 0 Å². The summed E-state index contributed by atoms with van der Waals surface area (Å²) in [7, 11) is 0. The number of ether oxygens (including phenoxy) is 1. The molecule has 0 spiro atoms. The van der Waals surface area contributed by atoms with Gasteiger partial charge in [0.1, 0.15) is 5.75 Å². The molecule has 148 valence electrons. The van der Waals surface area contributed by atoms with Crippen molar-refractivity contribution in [2.24, 2.45) is 0 Å². The van der Waals surface area contributed by atoms with E-state index in [0.29, 0.717) is 16.2 Å². The van der Waals surface area contributed by atoms with Crippen molar-refractivity contribution in [1.29, 1.82) is 0 Å². The van der Waals surface area contributed by atoms with Crippen molar-refractivity contribution in [2.75, 3.05) is 5.32 Å². The van der Waals surface area contributed by atoms with Crippen molar-refractivity contribution in [3.8, 4) is 5.75 Å². The Balaban J connectivity index is 2.00. The quantitative estimate of drug-likeness (QED) is 0.252. The highest BCUT2D eigenvalue weighted by molar-refractivity contribution is 7.81. The summed E-state index contributed by atoms with van der Waals surface area (Å²) in [6.45, 7) is -0.961. The molecule has 29 heavy (non-hydrogen) atoms. The van der Waals surface area contributed by atoms with Gasteiger partial charge in [-0.15, -0.1) is 0 Å². The van der Waals surface area contributed by atoms with Crippen LogP contribution < -0.4 is 14.6 Å². The summed E-state index contributed by atoms with van der Waals surface area (Å²) < 4.78 is 30.8. The van der Waals surface area contributed by atoms with Crippen LogP contribution in [0.25, 0.3) is 11.5 Å². The van der Waals surface area contributed by atoms with Gasteiger partial charge in [0.2, 0.25) is 0 Å². The first kappa shape index (κ1) is 20.4. The molecule has 4 nitrogen and oxygen atoms in total. The second-order valence-electron chi connectivity index (χ2n) is 6.15. The minimum atomic E-state index is -2.91. The molecule has 2 aromatic carbocycles. The summed E-state index contributed by atoms with van der Waals surface area (Å²) in [5.41, 5.74) is 2.58. The Hall–Kier alpha value is -3.32. The summed E-state index contributed by atoms with van der Waals surface area (Å²) in [5.74, 6) is -0.0954. The number of nitrogens with zero attached hydrogens (tertiary/aromatic N) is 1. The molecule has 0 radical (unpaired) electrons. The van der Waals surface area contributed by atoms with Crippen molar-refractivity contribution in [3.63, 3.8) is 0 Å². The number of hydrogen-bond acceptors (Lipinski definition) is 3. The van der Waals surface area contributed by atoms with Crippen LogP contribution in [0.5, 0.6) is 5.75 Å². The number of halogens is 2. The summed E-state index contributed by atoms with van der Waals surface area (Å²) >= 11 is 5.58. The van der Waals surface area contributed by atoms with Gasteiger partial charge in [0, 0.05) is 23.4 Å². The van der Waals surface area contributed by atoms with E-state index >= 15 is 0 Å². The van der Waals surface area contributed by atoms with Crippen molar-refractivity contribution in [2.45, 2.75) is 13.5 Å². The standard InChI is InChI=1S/C22H18F2N2O2S/c1-15-7-3-4-8-18(15)25-21(29)19(26-13-5-2-6-14-26)20(27)16-9-11-17(12-10-16)28-22(23)24/h2-14,22H,1H3,(H-,25,27,29)/p+1. The predicted octanol–water partition coefficient (Wildman–Crippen LogP) is 5.21. The molecule has 0 fully saturated rings. The van der Waals surface area contributed by atoms with E-state index < -0.39 is 6.61 Å². The number of anilines is 1. The number of pyridine rings is 1. The normalized spacial score (nSPS) is 11.7. The Kier molecular flexibility index (Phi) is 6.51. The predicted molar refractivity (Wildman–Crippen MR) is 113 cm³/mol. The van der Waals surface area contributed by atoms with Crippen molar-refractivity contribution < 1.29 is 23.2 Å². The van der Waals surface area contributed by atoms with Crippen LogP contribution >= 0.6 is 12.2 Å². The van der Waals surface area contributed by atoms with E-state index in [9.17, 15) is 13.9 Å². The maximum Gasteiger partial charge on any atom is 0.387 e. The molecule has 3 aromatic rings. The molecule has 2 N–H and O–H groups in total. The highest BCUT2D eigenvalue weighted by Gasteiger charge is 2.24. The molecule has 0 aliphatic rings. The summed E-state index contributed by atoms with van der Waals surface area (Å²) in [6, 6.07) is 18.8.